The highest BCUT2D eigenvalue weighted by Gasteiger charge is 2.33. The quantitative estimate of drug-likeness (QED) is 0.409. The van der Waals surface area contributed by atoms with Crippen LogP contribution in [0.2, 0.25) is 0 Å². The Bertz CT molecular complexity index is 1170. The maximum atomic E-state index is 13.3. The number of furan rings is 1. The molecular weight excluding hydrogens is 448 g/mol. The summed E-state index contributed by atoms with van der Waals surface area (Å²) in [5, 5.41) is 3.76. The van der Waals surface area contributed by atoms with Crippen LogP contribution in [-0.2, 0) is 19.4 Å². The first-order valence-corrected chi connectivity index (χ1v) is 12.3. The molecule has 1 aromatic carbocycles. The van der Waals surface area contributed by atoms with Gasteiger partial charge in [-0.3, -0.25) is 4.79 Å². The number of amides is 1. The molecule has 0 saturated heterocycles. The van der Waals surface area contributed by atoms with E-state index in [2.05, 4.69) is 26.1 Å². The number of thiophene rings is 1. The van der Waals surface area contributed by atoms with E-state index in [1.165, 1.54) is 4.88 Å². The van der Waals surface area contributed by atoms with Crippen molar-refractivity contribution in [3.8, 4) is 11.5 Å². The minimum Gasteiger partial charge on any atom is -0.493 e. The zero-order valence-corrected chi connectivity index (χ0v) is 21.3. The van der Waals surface area contributed by atoms with Gasteiger partial charge in [-0.2, -0.15) is 0 Å². The van der Waals surface area contributed by atoms with Crippen LogP contribution in [0.4, 0.5) is 5.00 Å². The van der Waals surface area contributed by atoms with E-state index in [9.17, 15) is 4.79 Å². The normalized spacial score (nSPS) is 15.9. The molecule has 6 nitrogen and oxygen atoms in total. The van der Waals surface area contributed by atoms with E-state index in [0.29, 0.717) is 29.5 Å². The summed E-state index contributed by atoms with van der Waals surface area (Å²) < 4.78 is 16.1. The SMILES string of the molecule is COc1ccc(C=Nc2sc3c(c2C(=O)NCc2ccco2)CC[C@@H](C(C)(C)C)C3)cc1OC. The number of carbonyl (C=O) groups is 1. The first-order chi connectivity index (χ1) is 16.3. The van der Waals surface area contributed by atoms with E-state index < -0.39 is 0 Å². The van der Waals surface area contributed by atoms with Crippen molar-refractivity contribution in [3.05, 3.63) is 63.9 Å². The molecule has 1 aliphatic carbocycles. The Balaban J connectivity index is 1.66. The van der Waals surface area contributed by atoms with Crippen LogP contribution < -0.4 is 14.8 Å². The molecular formula is C27H32N2O4S. The van der Waals surface area contributed by atoms with Gasteiger partial charge in [0.15, 0.2) is 11.5 Å². The lowest BCUT2D eigenvalue weighted by Crippen LogP contribution is -2.28. The summed E-state index contributed by atoms with van der Waals surface area (Å²) >= 11 is 1.63. The second-order valence-electron chi connectivity index (χ2n) is 9.62. The van der Waals surface area contributed by atoms with Crippen molar-refractivity contribution >= 4 is 28.5 Å². The fraction of sp³-hybridized carbons (Fsp3) is 0.407. The van der Waals surface area contributed by atoms with Gasteiger partial charge in [0.25, 0.3) is 5.91 Å². The summed E-state index contributed by atoms with van der Waals surface area (Å²) in [5.41, 5.74) is 2.93. The van der Waals surface area contributed by atoms with Crippen molar-refractivity contribution in [1.29, 1.82) is 0 Å². The molecule has 2 heterocycles. The molecule has 34 heavy (non-hydrogen) atoms. The van der Waals surface area contributed by atoms with Gasteiger partial charge in [0.1, 0.15) is 10.8 Å². The number of methoxy groups -OCH3 is 2. The van der Waals surface area contributed by atoms with Gasteiger partial charge >= 0.3 is 0 Å². The number of benzene rings is 1. The lowest BCUT2D eigenvalue weighted by molar-refractivity contribution is 0.0947. The van der Waals surface area contributed by atoms with Gasteiger partial charge in [-0.05, 0) is 72.1 Å². The molecule has 0 fully saturated rings. The average Bonchev–Trinajstić information content (AvgIpc) is 3.47. The van der Waals surface area contributed by atoms with Gasteiger partial charge < -0.3 is 19.2 Å². The Kier molecular flexibility index (Phi) is 7.12. The number of hydrogen-bond acceptors (Lipinski definition) is 6. The molecule has 7 heteroatoms. The van der Waals surface area contributed by atoms with E-state index in [0.717, 1.165) is 41.2 Å². The molecule has 0 radical (unpaired) electrons. The fourth-order valence-electron chi connectivity index (χ4n) is 4.37. The molecule has 180 valence electrons. The Morgan fingerprint density at radius 1 is 1.24 bits per heavy atom. The maximum Gasteiger partial charge on any atom is 0.255 e. The van der Waals surface area contributed by atoms with Crippen molar-refractivity contribution in [3.63, 3.8) is 0 Å². The molecule has 1 aliphatic rings. The molecule has 4 rings (SSSR count). The van der Waals surface area contributed by atoms with E-state index in [1.807, 2.05) is 30.3 Å². The monoisotopic (exact) mass is 480 g/mol. The van der Waals surface area contributed by atoms with Gasteiger partial charge in [-0.15, -0.1) is 11.3 Å². The Morgan fingerprint density at radius 2 is 2.03 bits per heavy atom. The first-order valence-electron chi connectivity index (χ1n) is 11.5. The predicted octanol–water partition coefficient (Wildman–Crippen LogP) is 6.19. The highest BCUT2D eigenvalue weighted by molar-refractivity contribution is 7.16. The minimum atomic E-state index is -0.109. The van der Waals surface area contributed by atoms with Crippen molar-refractivity contribution in [2.75, 3.05) is 14.2 Å². The number of carbonyl (C=O) groups excluding carboxylic acids is 1. The lowest BCUT2D eigenvalue weighted by Gasteiger charge is -2.33. The predicted molar refractivity (Wildman–Crippen MR) is 136 cm³/mol. The van der Waals surface area contributed by atoms with Crippen molar-refractivity contribution in [2.24, 2.45) is 16.3 Å². The second-order valence-corrected chi connectivity index (χ2v) is 10.7. The summed E-state index contributed by atoms with van der Waals surface area (Å²) in [4.78, 5) is 19.4. The van der Waals surface area contributed by atoms with Crippen LogP contribution in [-0.4, -0.2) is 26.3 Å². The number of nitrogens with one attached hydrogen (secondary N) is 1. The van der Waals surface area contributed by atoms with Crippen molar-refractivity contribution in [1.82, 2.24) is 5.32 Å². The zero-order chi connectivity index (χ0) is 24.3. The third kappa shape index (κ3) is 5.20. The Hall–Kier alpha value is -3.06. The summed E-state index contributed by atoms with van der Waals surface area (Å²) in [6, 6.07) is 9.32. The molecule has 0 bridgehead atoms. The molecule has 0 saturated carbocycles. The lowest BCUT2D eigenvalue weighted by atomic mass is 9.72. The second kappa shape index (κ2) is 10.1. The van der Waals surface area contributed by atoms with Crippen LogP contribution in [0.25, 0.3) is 0 Å². The number of hydrogen-bond donors (Lipinski definition) is 1. The minimum absolute atomic E-state index is 0.109. The molecule has 1 atom stereocenters. The molecule has 1 N–H and O–H groups in total. The average molecular weight is 481 g/mol. The highest BCUT2D eigenvalue weighted by Crippen LogP contribution is 2.45. The van der Waals surface area contributed by atoms with Crippen LogP contribution >= 0.6 is 11.3 Å². The molecule has 0 aliphatic heterocycles. The largest absolute Gasteiger partial charge is 0.493 e. The van der Waals surface area contributed by atoms with E-state index in [1.54, 1.807) is 38.0 Å². The number of rotatable bonds is 7. The number of fused-ring (bicyclic) bond motifs is 1. The molecule has 1 amide bonds. The van der Waals surface area contributed by atoms with Crippen LogP contribution in [0, 0.1) is 11.3 Å². The van der Waals surface area contributed by atoms with Crippen LogP contribution in [0.5, 0.6) is 11.5 Å². The smallest absolute Gasteiger partial charge is 0.255 e. The van der Waals surface area contributed by atoms with Gasteiger partial charge in [0.2, 0.25) is 0 Å². The summed E-state index contributed by atoms with van der Waals surface area (Å²) in [6.45, 7) is 7.23. The van der Waals surface area contributed by atoms with E-state index in [4.69, 9.17) is 18.9 Å². The summed E-state index contributed by atoms with van der Waals surface area (Å²) in [6.07, 6.45) is 6.34. The number of ether oxygens (including phenoxy) is 2. The molecule has 2 aromatic heterocycles. The molecule has 3 aromatic rings. The molecule has 0 spiro atoms. The number of aliphatic imine (C=N–C) groups is 1. The van der Waals surface area contributed by atoms with Crippen LogP contribution in [0.3, 0.4) is 0 Å². The third-order valence-electron chi connectivity index (χ3n) is 6.44. The summed E-state index contributed by atoms with van der Waals surface area (Å²) in [7, 11) is 3.22. The Morgan fingerprint density at radius 3 is 2.71 bits per heavy atom. The topological polar surface area (TPSA) is 73.1 Å². The van der Waals surface area contributed by atoms with Gasteiger partial charge in [0.05, 0.1) is 32.6 Å². The number of nitrogens with zero attached hydrogens (tertiary/aromatic N) is 1. The Labute approximate surface area is 205 Å². The molecule has 0 unspecified atom stereocenters. The highest BCUT2D eigenvalue weighted by atomic mass is 32.1. The first kappa shape index (κ1) is 24.1. The summed E-state index contributed by atoms with van der Waals surface area (Å²) in [5.74, 6) is 2.50. The van der Waals surface area contributed by atoms with Crippen LogP contribution in [0.15, 0.2) is 46.0 Å². The van der Waals surface area contributed by atoms with Crippen molar-refractivity contribution in [2.45, 2.75) is 46.6 Å². The fourth-order valence-corrected chi connectivity index (χ4v) is 5.64. The maximum absolute atomic E-state index is 13.3. The van der Waals surface area contributed by atoms with E-state index >= 15 is 0 Å². The zero-order valence-electron chi connectivity index (χ0n) is 20.4. The van der Waals surface area contributed by atoms with Gasteiger partial charge in [-0.25, -0.2) is 4.99 Å². The van der Waals surface area contributed by atoms with Crippen LogP contribution in [0.1, 0.15) is 59.3 Å². The van der Waals surface area contributed by atoms with Gasteiger partial charge in [-0.1, -0.05) is 20.8 Å². The standard InChI is InChI=1S/C27H32N2O4S/c1-27(2,3)18-9-10-20-23(14-18)34-26(24(20)25(30)28-16-19-7-6-12-33-19)29-15-17-8-11-21(31-4)22(13-17)32-5/h6-8,11-13,15,18H,9-10,14,16H2,1-5H3,(H,28,30)/t18-/m1/s1. The van der Waals surface area contributed by atoms with E-state index in [-0.39, 0.29) is 11.3 Å². The van der Waals surface area contributed by atoms with Gasteiger partial charge in [0, 0.05) is 11.1 Å². The van der Waals surface area contributed by atoms with Crippen molar-refractivity contribution < 1.29 is 18.7 Å². The third-order valence-corrected chi connectivity index (χ3v) is 7.60.